The van der Waals surface area contributed by atoms with E-state index in [1.807, 2.05) is 6.20 Å². The van der Waals surface area contributed by atoms with Gasteiger partial charge in [0.25, 0.3) is 0 Å². The van der Waals surface area contributed by atoms with E-state index in [4.69, 9.17) is 5.73 Å². The van der Waals surface area contributed by atoms with Gasteiger partial charge < -0.3 is 36.3 Å². The van der Waals surface area contributed by atoms with Crippen LogP contribution in [0.5, 0.6) is 0 Å². The lowest BCUT2D eigenvalue weighted by Gasteiger charge is -2.68. The number of aromatic nitrogens is 2. The number of guanidine groups is 1. The lowest BCUT2D eigenvalue weighted by Crippen LogP contribution is -2.65. The molecule has 11 rings (SSSR count). The lowest BCUT2D eigenvalue weighted by atomic mass is 9.35. The summed E-state index contributed by atoms with van der Waals surface area (Å²) in [6.07, 6.45) is 20.1. The third-order valence-corrected chi connectivity index (χ3v) is 16.5. The SMILES string of the molecule is CN=C(N)NC1C#CC23C=CC4=CCC5(O)C6CC(O)C(O)(C1)C6C1CCC5C4C12C(Cc1cc2ccccc2[nH]1)=CC1(CCC(Cc2ccc[nH]2)C1)C3. The number of hydrogen-bond acceptors (Lipinski definition) is 4. The van der Waals surface area contributed by atoms with E-state index < -0.39 is 34.2 Å². The van der Waals surface area contributed by atoms with Gasteiger partial charge in [0.1, 0.15) is 0 Å². The van der Waals surface area contributed by atoms with Crippen LogP contribution in [0.4, 0.5) is 0 Å². The summed E-state index contributed by atoms with van der Waals surface area (Å²) in [5.74, 6) is 8.22. The standard InChI is InChI=1S/C46H53N5O3/c1-48-41(47)51-32-13-16-43-15-11-28-12-17-44(53)34-8-9-35(40-36(44)22-38(52)45(40,54)25-32)46(43,39(28)34)30(21-33-20-29-5-2-3-7-37(29)50-33)24-42(26-43)14-10-27(23-42)19-31-6-4-18-49-31/h2-7,11-12,15,18,20,24,27,32,34-36,38-40,49-50,52-54H,8-10,14,17,19,21-23,25-26H2,1H3,(H3,47,48,51). The summed E-state index contributed by atoms with van der Waals surface area (Å²) in [5, 5.41) is 43.2. The van der Waals surface area contributed by atoms with Gasteiger partial charge in [0.05, 0.1) is 28.8 Å². The fourth-order valence-electron chi connectivity index (χ4n) is 14.8. The average molecular weight is 724 g/mol. The normalized spacial score (nSPS) is 45.2. The number of rotatable bonds is 5. The van der Waals surface area contributed by atoms with E-state index in [1.165, 1.54) is 34.3 Å². The van der Waals surface area contributed by atoms with Crippen LogP contribution in [0.1, 0.15) is 69.2 Å². The number of aromatic amines is 2. The summed E-state index contributed by atoms with van der Waals surface area (Å²) < 4.78 is 0. The number of aliphatic hydroxyl groups excluding tert-OH is 1. The molecule has 54 heavy (non-hydrogen) atoms. The Balaban J connectivity index is 1.18. The molecule has 4 saturated carbocycles. The number of H-pyrrole nitrogens is 2. The van der Waals surface area contributed by atoms with Crippen molar-refractivity contribution >= 4 is 16.9 Å². The number of hydrogen-bond donors (Lipinski definition) is 7. The Morgan fingerprint density at radius 3 is 2.74 bits per heavy atom. The molecule has 280 valence electrons. The Hall–Kier alpha value is -4.03. The van der Waals surface area contributed by atoms with Crippen LogP contribution in [-0.2, 0) is 12.8 Å². The molecule has 8 nitrogen and oxygen atoms in total. The summed E-state index contributed by atoms with van der Waals surface area (Å²) in [5.41, 5.74) is 9.20. The van der Waals surface area contributed by atoms with Gasteiger partial charge in [0.15, 0.2) is 5.96 Å². The van der Waals surface area contributed by atoms with E-state index in [1.54, 1.807) is 7.05 Å². The second-order valence-electron chi connectivity index (χ2n) is 18.8. The van der Waals surface area contributed by atoms with E-state index in [0.717, 1.165) is 50.5 Å². The quantitative estimate of drug-likeness (QED) is 0.0784. The number of aliphatic hydroxyl groups is 3. The van der Waals surface area contributed by atoms with Gasteiger partial charge in [-0.15, -0.1) is 0 Å². The fourth-order valence-corrected chi connectivity index (χ4v) is 14.8. The second kappa shape index (κ2) is 11.3. The van der Waals surface area contributed by atoms with Crippen molar-refractivity contribution in [3.8, 4) is 11.8 Å². The van der Waals surface area contributed by atoms with E-state index >= 15 is 0 Å². The van der Waals surface area contributed by atoms with Crippen molar-refractivity contribution in [2.75, 3.05) is 7.05 Å². The van der Waals surface area contributed by atoms with Gasteiger partial charge >= 0.3 is 0 Å². The number of nitrogens with one attached hydrogen (secondary N) is 3. The van der Waals surface area contributed by atoms with E-state index in [9.17, 15) is 15.3 Å². The monoisotopic (exact) mass is 723 g/mol. The van der Waals surface area contributed by atoms with E-state index in [-0.39, 0.29) is 47.4 Å². The second-order valence-corrected chi connectivity index (χ2v) is 18.8. The maximum absolute atomic E-state index is 13.3. The summed E-state index contributed by atoms with van der Waals surface area (Å²) in [4.78, 5) is 11.5. The average Bonchev–Trinajstić information content (AvgIpc) is 3.94. The third kappa shape index (κ3) is 4.30. The Bertz CT molecular complexity index is 2190. The minimum atomic E-state index is -1.46. The Kier molecular flexibility index (Phi) is 6.96. The van der Waals surface area contributed by atoms with Gasteiger partial charge in [-0.1, -0.05) is 59.9 Å². The third-order valence-electron chi connectivity index (χ3n) is 16.5. The first-order chi connectivity index (χ1) is 26.1. The molecule has 1 aromatic carbocycles. The lowest BCUT2D eigenvalue weighted by molar-refractivity contribution is -0.146. The number of nitrogens with zero attached hydrogens (tertiary/aromatic N) is 1. The van der Waals surface area contributed by atoms with Crippen LogP contribution in [-0.4, -0.2) is 61.6 Å². The molecule has 0 aliphatic heterocycles. The molecule has 2 heterocycles. The van der Waals surface area contributed by atoms with Gasteiger partial charge in [0, 0.05) is 54.3 Å². The number of fused-ring (bicyclic) bond motifs is 2. The van der Waals surface area contributed by atoms with Crippen LogP contribution in [0.2, 0.25) is 0 Å². The van der Waals surface area contributed by atoms with Gasteiger partial charge in [-0.2, -0.15) is 0 Å². The summed E-state index contributed by atoms with van der Waals surface area (Å²) in [6, 6.07) is 14.7. The molecule has 8 aliphatic rings. The van der Waals surface area contributed by atoms with Crippen molar-refractivity contribution in [1.82, 2.24) is 15.3 Å². The fraction of sp³-hybridized carbons (Fsp3) is 0.543. The first kappa shape index (κ1) is 33.3. The van der Waals surface area contributed by atoms with Crippen LogP contribution in [0.3, 0.4) is 0 Å². The maximum Gasteiger partial charge on any atom is 0.189 e. The Labute approximate surface area is 317 Å². The number of benzene rings is 1. The highest BCUT2D eigenvalue weighted by atomic mass is 16.3. The summed E-state index contributed by atoms with van der Waals surface area (Å²) in [6.45, 7) is 0. The van der Waals surface area contributed by atoms with Gasteiger partial charge in [-0.25, -0.2) is 0 Å². The first-order valence-electron chi connectivity index (χ1n) is 20.5. The topological polar surface area (TPSA) is 143 Å². The molecule has 2 aromatic heterocycles. The van der Waals surface area contributed by atoms with Gasteiger partial charge in [0.2, 0.25) is 0 Å². The van der Waals surface area contributed by atoms with Crippen LogP contribution in [0.25, 0.3) is 10.9 Å². The van der Waals surface area contributed by atoms with Crippen LogP contribution in [0.15, 0.2) is 89.1 Å². The van der Waals surface area contributed by atoms with Gasteiger partial charge in [-0.3, -0.25) is 4.99 Å². The highest BCUT2D eigenvalue weighted by Crippen LogP contribution is 2.80. The smallest absolute Gasteiger partial charge is 0.189 e. The van der Waals surface area contributed by atoms with Crippen molar-refractivity contribution in [1.29, 1.82) is 0 Å². The zero-order valence-electron chi connectivity index (χ0n) is 31.2. The molecular formula is C46H53N5O3. The minimum absolute atomic E-state index is 0.0145. The minimum Gasteiger partial charge on any atom is -0.390 e. The zero-order chi connectivity index (χ0) is 36.7. The summed E-state index contributed by atoms with van der Waals surface area (Å²) >= 11 is 0. The molecule has 0 saturated heterocycles. The molecule has 2 spiro atoms. The molecule has 8 aliphatic carbocycles. The maximum atomic E-state index is 13.3. The van der Waals surface area contributed by atoms with Crippen LogP contribution < -0.4 is 11.1 Å². The predicted molar refractivity (Wildman–Crippen MR) is 210 cm³/mol. The van der Waals surface area contributed by atoms with Crippen molar-refractivity contribution in [3.05, 3.63) is 95.5 Å². The molecule has 3 aromatic rings. The summed E-state index contributed by atoms with van der Waals surface area (Å²) in [7, 11) is 1.66. The van der Waals surface area contributed by atoms with Crippen molar-refractivity contribution in [3.63, 3.8) is 0 Å². The van der Waals surface area contributed by atoms with Crippen molar-refractivity contribution in [2.45, 2.75) is 94.0 Å². The molecule has 0 amide bonds. The first-order valence-corrected chi connectivity index (χ1v) is 20.5. The zero-order valence-corrected chi connectivity index (χ0v) is 31.2. The number of nitrogens with two attached hydrogens (primary N) is 1. The molecule has 13 unspecified atom stereocenters. The Morgan fingerprint density at radius 1 is 1.04 bits per heavy atom. The van der Waals surface area contributed by atoms with Crippen molar-refractivity contribution < 1.29 is 15.3 Å². The molecular weight excluding hydrogens is 671 g/mol. The molecule has 0 radical (unpaired) electrons. The number of para-hydroxylation sites is 1. The molecule has 4 fully saturated rings. The predicted octanol–water partition coefficient (Wildman–Crippen LogP) is 5.70. The van der Waals surface area contributed by atoms with Crippen LogP contribution >= 0.6 is 0 Å². The highest BCUT2D eigenvalue weighted by molar-refractivity contribution is 5.80. The largest absolute Gasteiger partial charge is 0.390 e. The van der Waals surface area contributed by atoms with E-state index in [0.29, 0.717) is 18.8 Å². The number of allylic oxidation sites excluding steroid dienone is 5. The molecule has 6 bridgehead atoms. The number of aliphatic imine (C=N–C) groups is 1. The van der Waals surface area contributed by atoms with Gasteiger partial charge in [-0.05, 0) is 128 Å². The Morgan fingerprint density at radius 2 is 1.91 bits per heavy atom. The van der Waals surface area contributed by atoms with E-state index in [2.05, 4.69) is 98.9 Å². The molecule has 8 heteroatoms. The molecule has 13 atom stereocenters. The molecule has 8 N–H and O–H groups in total. The van der Waals surface area contributed by atoms with Crippen LogP contribution in [0, 0.1) is 63.6 Å². The highest BCUT2D eigenvalue weighted by Gasteiger charge is 2.79. The van der Waals surface area contributed by atoms with Crippen molar-refractivity contribution in [2.24, 2.45) is 62.5 Å².